The minimum Gasteiger partial charge on any atom is -0.408 e. The van der Waals surface area contributed by atoms with Gasteiger partial charge in [0.25, 0.3) is 0 Å². The number of aromatic nitrogens is 1. The molecule has 1 aromatic heterocycles. The zero-order valence-electron chi connectivity index (χ0n) is 17.7. The SMILES string of the molecule is CCN(CC)S(=O)(=O)c1ccc2c(c1)oc(=O)n2CC(=O)Nc1cccc2ccccc12. The number of hydrogen-bond donors (Lipinski definition) is 1. The summed E-state index contributed by atoms with van der Waals surface area (Å²) in [4.78, 5) is 25.1. The first-order valence-corrected chi connectivity index (χ1v) is 11.7. The second kappa shape index (κ2) is 8.60. The number of nitrogens with zero attached hydrogens (tertiary/aromatic N) is 2. The molecule has 3 aromatic carbocycles. The highest BCUT2D eigenvalue weighted by Crippen LogP contribution is 2.24. The van der Waals surface area contributed by atoms with Gasteiger partial charge in [0.05, 0.1) is 10.4 Å². The lowest BCUT2D eigenvalue weighted by molar-refractivity contribution is -0.116. The molecule has 0 fully saturated rings. The van der Waals surface area contributed by atoms with Crippen molar-refractivity contribution >= 4 is 43.5 Å². The zero-order valence-corrected chi connectivity index (χ0v) is 18.6. The number of sulfonamides is 1. The summed E-state index contributed by atoms with van der Waals surface area (Å²) in [6.07, 6.45) is 0. The number of amides is 1. The van der Waals surface area contributed by atoms with Crippen LogP contribution in [0.3, 0.4) is 0 Å². The van der Waals surface area contributed by atoms with Crippen LogP contribution < -0.4 is 11.1 Å². The van der Waals surface area contributed by atoms with Gasteiger partial charge in [0.2, 0.25) is 15.9 Å². The van der Waals surface area contributed by atoms with E-state index in [1.165, 1.54) is 27.1 Å². The molecule has 0 aliphatic rings. The van der Waals surface area contributed by atoms with Crippen molar-refractivity contribution < 1.29 is 17.6 Å². The number of carbonyl (C=O) groups excluding carboxylic acids is 1. The highest BCUT2D eigenvalue weighted by Gasteiger charge is 2.23. The minimum absolute atomic E-state index is 0.0369. The molecule has 32 heavy (non-hydrogen) atoms. The maximum atomic E-state index is 12.8. The number of benzene rings is 3. The number of nitrogens with one attached hydrogen (secondary N) is 1. The summed E-state index contributed by atoms with van der Waals surface area (Å²) in [6, 6.07) is 17.5. The van der Waals surface area contributed by atoms with Crippen molar-refractivity contribution in [2.45, 2.75) is 25.3 Å². The number of oxazole rings is 1. The van der Waals surface area contributed by atoms with Crippen LogP contribution in [0.25, 0.3) is 21.9 Å². The highest BCUT2D eigenvalue weighted by molar-refractivity contribution is 7.89. The molecule has 0 spiro atoms. The molecule has 0 saturated heterocycles. The van der Waals surface area contributed by atoms with E-state index in [1.54, 1.807) is 19.9 Å². The lowest BCUT2D eigenvalue weighted by atomic mass is 10.1. The molecule has 8 nitrogen and oxygen atoms in total. The highest BCUT2D eigenvalue weighted by atomic mass is 32.2. The van der Waals surface area contributed by atoms with Gasteiger partial charge in [0, 0.05) is 30.2 Å². The molecule has 0 bridgehead atoms. The van der Waals surface area contributed by atoms with Crippen LogP contribution in [0.5, 0.6) is 0 Å². The number of rotatable bonds is 7. The average molecular weight is 454 g/mol. The van der Waals surface area contributed by atoms with Crippen LogP contribution >= 0.6 is 0 Å². The second-order valence-electron chi connectivity index (χ2n) is 7.25. The molecule has 4 aromatic rings. The Morgan fingerprint density at radius 2 is 1.75 bits per heavy atom. The lowest BCUT2D eigenvalue weighted by Gasteiger charge is -2.18. The van der Waals surface area contributed by atoms with Crippen LogP contribution in [-0.4, -0.2) is 36.3 Å². The van der Waals surface area contributed by atoms with Crippen LogP contribution in [0, 0.1) is 0 Å². The van der Waals surface area contributed by atoms with Crippen molar-refractivity contribution in [2.75, 3.05) is 18.4 Å². The average Bonchev–Trinajstić information content (AvgIpc) is 3.09. The van der Waals surface area contributed by atoms with Gasteiger partial charge in [0.15, 0.2) is 5.58 Å². The fourth-order valence-electron chi connectivity index (χ4n) is 3.74. The van der Waals surface area contributed by atoms with Crippen LogP contribution in [0.1, 0.15) is 13.8 Å². The quantitative estimate of drug-likeness (QED) is 0.462. The number of carbonyl (C=O) groups is 1. The van der Waals surface area contributed by atoms with Gasteiger partial charge in [-0.25, -0.2) is 13.2 Å². The number of anilines is 1. The molecule has 166 valence electrons. The molecule has 0 unspecified atom stereocenters. The van der Waals surface area contributed by atoms with Gasteiger partial charge in [-0.15, -0.1) is 0 Å². The minimum atomic E-state index is -3.70. The largest absolute Gasteiger partial charge is 0.420 e. The van der Waals surface area contributed by atoms with Crippen molar-refractivity contribution in [3.8, 4) is 0 Å². The first-order chi connectivity index (χ1) is 15.3. The third-order valence-electron chi connectivity index (χ3n) is 5.35. The van der Waals surface area contributed by atoms with E-state index >= 15 is 0 Å². The molecular weight excluding hydrogens is 430 g/mol. The van der Waals surface area contributed by atoms with Gasteiger partial charge in [-0.05, 0) is 23.6 Å². The van der Waals surface area contributed by atoms with Crippen molar-refractivity contribution in [1.29, 1.82) is 0 Å². The maximum absolute atomic E-state index is 12.8. The van der Waals surface area contributed by atoms with E-state index < -0.39 is 21.7 Å². The molecule has 0 radical (unpaired) electrons. The van der Waals surface area contributed by atoms with E-state index in [1.807, 2.05) is 36.4 Å². The molecular formula is C23H23N3O5S. The van der Waals surface area contributed by atoms with Crippen molar-refractivity contribution in [3.05, 3.63) is 71.2 Å². The fraction of sp³-hybridized carbons (Fsp3) is 0.217. The summed E-state index contributed by atoms with van der Waals surface area (Å²) >= 11 is 0. The summed E-state index contributed by atoms with van der Waals surface area (Å²) in [7, 11) is -3.70. The van der Waals surface area contributed by atoms with Gasteiger partial charge in [-0.1, -0.05) is 50.2 Å². The van der Waals surface area contributed by atoms with Crippen LogP contribution in [-0.2, 0) is 21.4 Å². The predicted octanol–water partition coefficient (Wildman–Crippen LogP) is 3.42. The van der Waals surface area contributed by atoms with Gasteiger partial charge in [-0.3, -0.25) is 9.36 Å². The van der Waals surface area contributed by atoms with E-state index in [9.17, 15) is 18.0 Å². The number of fused-ring (bicyclic) bond motifs is 2. The van der Waals surface area contributed by atoms with Gasteiger partial charge in [0.1, 0.15) is 6.54 Å². The molecule has 4 rings (SSSR count). The Morgan fingerprint density at radius 3 is 2.50 bits per heavy atom. The van der Waals surface area contributed by atoms with E-state index in [4.69, 9.17) is 4.42 Å². The molecule has 1 amide bonds. The van der Waals surface area contributed by atoms with E-state index in [0.717, 1.165) is 10.8 Å². The molecule has 1 N–H and O–H groups in total. The Kier molecular flexibility index (Phi) is 5.86. The number of hydrogen-bond acceptors (Lipinski definition) is 5. The Balaban J connectivity index is 1.63. The first kappa shape index (κ1) is 21.8. The van der Waals surface area contributed by atoms with Crippen LogP contribution in [0.15, 0.2) is 74.8 Å². The summed E-state index contributed by atoms with van der Waals surface area (Å²) in [5, 5.41) is 4.71. The molecule has 9 heteroatoms. The first-order valence-electron chi connectivity index (χ1n) is 10.3. The molecule has 1 heterocycles. The second-order valence-corrected chi connectivity index (χ2v) is 9.19. The Labute approximate surface area is 185 Å². The van der Waals surface area contributed by atoms with Gasteiger partial charge < -0.3 is 9.73 Å². The molecule has 0 aliphatic carbocycles. The van der Waals surface area contributed by atoms with Crippen LogP contribution in [0.2, 0.25) is 0 Å². The maximum Gasteiger partial charge on any atom is 0.420 e. The Bertz CT molecular complexity index is 1460. The Morgan fingerprint density at radius 1 is 1.03 bits per heavy atom. The van der Waals surface area contributed by atoms with Crippen molar-refractivity contribution in [3.63, 3.8) is 0 Å². The monoisotopic (exact) mass is 453 g/mol. The van der Waals surface area contributed by atoms with E-state index in [-0.39, 0.29) is 17.0 Å². The third-order valence-corrected chi connectivity index (χ3v) is 7.39. The molecule has 0 atom stereocenters. The molecule has 0 saturated carbocycles. The topological polar surface area (TPSA) is 102 Å². The normalized spacial score (nSPS) is 12.0. The third kappa shape index (κ3) is 3.92. The summed E-state index contributed by atoms with van der Waals surface area (Å²) < 4.78 is 33.3. The fourth-order valence-corrected chi connectivity index (χ4v) is 5.21. The standard InChI is InChI=1S/C23H23N3O5S/c1-3-25(4-2)32(29,30)17-12-13-20-21(14-17)31-23(28)26(20)15-22(27)24-19-11-7-9-16-8-5-6-10-18(16)19/h5-14H,3-4,15H2,1-2H3,(H,24,27). The van der Waals surface area contributed by atoms with Gasteiger partial charge >= 0.3 is 5.76 Å². The summed E-state index contributed by atoms with van der Waals surface area (Å²) in [6.45, 7) is 3.90. The van der Waals surface area contributed by atoms with Crippen LogP contribution in [0.4, 0.5) is 5.69 Å². The predicted molar refractivity (Wildman–Crippen MR) is 123 cm³/mol. The lowest BCUT2D eigenvalue weighted by Crippen LogP contribution is -2.30. The van der Waals surface area contributed by atoms with Crippen molar-refractivity contribution in [2.24, 2.45) is 0 Å². The summed E-state index contributed by atoms with van der Waals surface area (Å²) in [5.74, 6) is -1.13. The van der Waals surface area contributed by atoms with E-state index in [2.05, 4.69) is 5.32 Å². The molecule has 0 aliphatic heterocycles. The van der Waals surface area contributed by atoms with Gasteiger partial charge in [-0.2, -0.15) is 4.31 Å². The Hall–Kier alpha value is -3.43. The zero-order chi connectivity index (χ0) is 22.9. The van der Waals surface area contributed by atoms with E-state index in [0.29, 0.717) is 24.3 Å². The van der Waals surface area contributed by atoms with Crippen molar-refractivity contribution in [1.82, 2.24) is 8.87 Å². The smallest absolute Gasteiger partial charge is 0.408 e. The summed E-state index contributed by atoms with van der Waals surface area (Å²) in [5.41, 5.74) is 1.10.